The maximum atomic E-state index is 13.1. The summed E-state index contributed by atoms with van der Waals surface area (Å²) in [5, 5.41) is 10.8. The first-order valence-electron chi connectivity index (χ1n) is 6.76. The highest BCUT2D eigenvalue weighted by Crippen LogP contribution is 2.19. The standard InChI is InChI=1S/C16H13FN2O4/c1-2-23-16(20)14-9-13(19(21)22)10-18-15(14)7-6-11-4-3-5-12(17)8-11/h3-10H,2H2,1H3/b7-6+. The second-order valence-electron chi connectivity index (χ2n) is 4.49. The topological polar surface area (TPSA) is 82.3 Å². The first-order valence-corrected chi connectivity index (χ1v) is 6.76. The van der Waals surface area contributed by atoms with Gasteiger partial charge in [-0.2, -0.15) is 0 Å². The van der Waals surface area contributed by atoms with Gasteiger partial charge < -0.3 is 4.74 Å². The number of aromatic nitrogens is 1. The largest absolute Gasteiger partial charge is 0.462 e. The summed E-state index contributed by atoms with van der Waals surface area (Å²) in [7, 11) is 0. The highest BCUT2D eigenvalue weighted by atomic mass is 19.1. The SMILES string of the molecule is CCOC(=O)c1cc([N+](=O)[O-])cnc1/C=C/c1cccc(F)c1. The summed E-state index contributed by atoms with van der Waals surface area (Å²) in [6.07, 6.45) is 4.08. The van der Waals surface area contributed by atoms with E-state index in [0.717, 1.165) is 12.3 Å². The van der Waals surface area contributed by atoms with Crippen LogP contribution in [0.15, 0.2) is 36.5 Å². The van der Waals surface area contributed by atoms with Crippen molar-refractivity contribution >= 4 is 23.8 Å². The summed E-state index contributed by atoms with van der Waals surface area (Å²) in [5.74, 6) is -1.10. The Hall–Kier alpha value is -3.09. The molecule has 0 atom stereocenters. The van der Waals surface area contributed by atoms with E-state index in [1.165, 1.54) is 18.2 Å². The lowest BCUT2D eigenvalue weighted by atomic mass is 10.1. The summed E-state index contributed by atoms with van der Waals surface area (Å²) < 4.78 is 18.0. The van der Waals surface area contributed by atoms with Crippen LogP contribution in [0.3, 0.4) is 0 Å². The Morgan fingerprint density at radius 2 is 2.17 bits per heavy atom. The fourth-order valence-corrected chi connectivity index (χ4v) is 1.85. The van der Waals surface area contributed by atoms with E-state index in [-0.39, 0.29) is 23.6 Å². The lowest BCUT2D eigenvalue weighted by Crippen LogP contribution is -2.08. The molecule has 0 spiro atoms. The van der Waals surface area contributed by atoms with Gasteiger partial charge in [0.1, 0.15) is 12.0 Å². The summed E-state index contributed by atoms with van der Waals surface area (Å²) in [4.78, 5) is 26.0. The number of halogens is 1. The van der Waals surface area contributed by atoms with Crippen LogP contribution < -0.4 is 0 Å². The number of nitrogens with zero attached hydrogens (tertiary/aromatic N) is 2. The number of esters is 1. The van der Waals surface area contributed by atoms with E-state index in [1.807, 2.05) is 0 Å². The van der Waals surface area contributed by atoms with Crippen LogP contribution in [0.25, 0.3) is 12.2 Å². The molecule has 0 radical (unpaired) electrons. The number of hydrogen-bond donors (Lipinski definition) is 0. The highest BCUT2D eigenvalue weighted by molar-refractivity contribution is 5.94. The summed E-state index contributed by atoms with van der Waals surface area (Å²) in [5.41, 5.74) is 0.447. The van der Waals surface area contributed by atoms with Crippen LogP contribution in [0.2, 0.25) is 0 Å². The Labute approximate surface area is 131 Å². The Kier molecular flexibility index (Phi) is 5.14. The fourth-order valence-electron chi connectivity index (χ4n) is 1.85. The molecule has 118 valence electrons. The van der Waals surface area contributed by atoms with Gasteiger partial charge in [0.15, 0.2) is 0 Å². The minimum Gasteiger partial charge on any atom is -0.462 e. The van der Waals surface area contributed by atoms with E-state index in [0.29, 0.717) is 5.56 Å². The van der Waals surface area contributed by atoms with E-state index in [2.05, 4.69) is 4.98 Å². The van der Waals surface area contributed by atoms with Gasteiger partial charge in [0.05, 0.1) is 22.8 Å². The molecule has 7 heteroatoms. The van der Waals surface area contributed by atoms with Crippen molar-refractivity contribution in [2.24, 2.45) is 0 Å². The molecule has 23 heavy (non-hydrogen) atoms. The van der Waals surface area contributed by atoms with E-state index in [9.17, 15) is 19.3 Å². The molecule has 0 N–H and O–H groups in total. The molecular weight excluding hydrogens is 303 g/mol. The predicted molar refractivity (Wildman–Crippen MR) is 82.2 cm³/mol. The lowest BCUT2D eigenvalue weighted by Gasteiger charge is -2.05. The minimum absolute atomic E-state index is 0.0197. The van der Waals surface area contributed by atoms with Crippen molar-refractivity contribution in [2.75, 3.05) is 6.61 Å². The number of hydrogen-bond acceptors (Lipinski definition) is 5. The molecule has 0 amide bonds. The third-order valence-corrected chi connectivity index (χ3v) is 2.89. The second-order valence-corrected chi connectivity index (χ2v) is 4.49. The van der Waals surface area contributed by atoms with Gasteiger partial charge in [-0.05, 0) is 30.7 Å². The van der Waals surface area contributed by atoms with Crippen molar-refractivity contribution in [2.45, 2.75) is 6.92 Å². The van der Waals surface area contributed by atoms with Crippen molar-refractivity contribution < 1.29 is 18.8 Å². The van der Waals surface area contributed by atoms with E-state index in [1.54, 1.807) is 25.1 Å². The van der Waals surface area contributed by atoms with E-state index in [4.69, 9.17) is 4.74 Å². The van der Waals surface area contributed by atoms with Gasteiger partial charge in [-0.1, -0.05) is 18.2 Å². The zero-order chi connectivity index (χ0) is 16.8. The Balaban J connectivity index is 2.40. The monoisotopic (exact) mass is 316 g/mol. The smallest absolute Gasteiger partial charge is 0.340 e. The zero-order valence-electron chi connectivity index (χ0n) is 12.2. The number of carbonyl (C=O) groups is 1. The van der Waals surface area contributed by atoms with Gasteiger partial charge in [-0.3, -0.25) is 10.1 Å². The van der Waals surface area contributed by atoms with Gasteiger partial charge in [-0.15, -0.1) is 0 Å². The summed E-state index contributed by atoms with van der Waals surface area (Å²) >= 11 is 0. The minimum atomic E-state index is -0.706. The van der Waals surface area contributed by atoms with Crippen molar-refractivity contribution in [3.05, 3.63) is 69.3 Å². The molecule has 0 bridgehead atoms. The first-order chi connectivity index (χ1) is 11.0. The van der Waals surface area contributed by atoms with Crippen LogP contribution in [0, 0.1) is 15.9 Å². The highest BCUT2D eigenvalue weighted by Gasteiger charge is 2.17. The van der Waals surface area contributed by atoms with Gasteiger partial charge >= 0.3 is 5.97 Å². The maximum absolute atomic E-state index is 13.1. The number of pyridine rings is 1. The third-order valence-electron chi connectivity index (χ3n) is 2.89. The molecule has 1 aromatic carbocycles. The van der Waals surface area contributed by atoms with Crippen molar-refractivity contribution in [3.8, 4) is 0 Å². The number of ether oxygens (including phenoxy) is 1. The van der Waals surface area contributed by atoms with Crippen LogP contribution in [-0.2, 0) is 4.74 Å². The molecule has 0 aliphatic carbocycles. The Bertz CT molecular complexity index is 774. The Morgan fingerprint density at radius 1 is 1.39 bits per heavy atom. The molecule has 0 saturated carbocycles. The predicted octanol–water partition coefficient (Wildman–Crippen LogP) is 3.48. The van der Waals surface area contributed by atoms with Crippen LogP contribution in [0.1, 0.15) is 28.5 Å². The van der Waals surface area contributed by atoms with Crippen LogP contribution in [0.4, 0.5) is 10.1 Å². The molecule has 0 unspecified atom stereocenters. The second kappa shape index (κ2) is 7.26. The molecule has 0 fully saturated rings. The molecule has 0 aliphatic heterocycles. The van der Waals surface area contributed by atoms with Gasteiger partial charge in [0, 0.05) is 6.07 Å². The number of nitro groups is 1. The molecule has 2 rings (SSSR count). The zero-order valence-corrected chi connectivity index (χ0v) is 12.2. The lowest BCUT2D eigenvalue weighted by molar-refractivity contribution is -0.385. The fraction of sp³-hybridized carbons (Fsp3) is 0.125. The molecule has 1 heterocycles. The molecule has 2 aromatic rings. The van der Waals surface area contributed by atoms with Gasteiger partial charge in [0.25, 0.3) is 5.69 Å². The average molecular weight is 316 g/mol. The van der Waals surface area contributed by atoms with E-state index >= 15 is 0 Å². The molecule has 6 nitrogen and oxygen atoms in total. The van der Waals surface area contributed by atoms with Gasteiger partial charge in [-0.25, -0.2) is 14.2 Å². The molecule has 0 saturated heterocycles. The van der Waals surface area contributed by atoms with Crippen LogP contribution in [0.5, 0.6) is 0 Å². The summed E-state index contributed by atoms with van der Waals surface area (Å²) in [6.45, 7) is 1.76. The summed E-state index contributed by atoms with van der Waals surface area (Å²) in [6, 6.07) is 6.95. The average Bonchev–Trinajstić information content (AvgIpc) is 2.53. The number of carbonyl (C=O) groups excluding carboxylic acids is 1. The van der Waals surface area contributed by atoms with Crippen LogP contribution in [-0.4, -0.2) is 22.5 Å². The van der Waals surface area contributed by atoms with Crippen molar-refractivity contribution in [1.29, 1.82) is 0 Å². The molecule has 0 aliphatic rings. The Morgan fingerprint density at radius 3 is 2.83 bits per heavy atom. The van der Waals surface area contributed by atoms with Crippen molar-refractivity contribution in [1.82, 2.24) is 4.98 Å². The normalized spacial score (nSPS) is 10.7. The molecular formula is C16H13FN2O4. The van der Waals surface area contributed by atoms with E-state index < -0.39 is 16.7 Å². The van der Waals surface area contributed by atoms with Crippen molar-refractivity contribution in [3.63, 3.8) is 0 Å². The first kappa shape index (κ1) is 16.3. The number of benzene rings is 1. The van der Waals surface area contributed by atoms with Crippen LogP contribution >= 0.6 is 0 Å². The van der Waals surface area contributed by atoms with Gasteiger partial charge in [0.2, 0.25) is 0 Å². The number of rotatable bonds is 5. The quantitative estimate of drug-likeness (QED) is 0.479. The molecule has 1 aromatic heterocycles. The third kappa shape index (κ3) is 4.19. The maximum Gasteiger partial charge on any atom is 0.340 e.